The third-order valence-electron chi connectivity index (χ3n) is 5.87. The maximum Gasteiger partial charge on any atom is 0.223 e. The molecule has 0 bridgehead atoms. The Morgan fingerprint density at radius 1 is 1.21 bits per heavy atom. The lowest BCUT2D eigenvalue weighted by atomic mass is 9.95. The highest BCUT2D eigenvalue weighted by atomic mass is 19.1. The van der Waals surface area contributed by atoms with Gasteiger partial charge < -0.3 is 15.0 Å². The van der Waals surface area contributed by atoms with Gasteiger partial charge in [-0.15, -0.1) is 0 Å². The molecule has 0 saturated carbocycles. The molecule has 0 aliphatic carbocycles. The number of piperidine rings is 1. The predicted molar refractivity (Wildman–Crippen MR) is 109 cm³/mol. The maximum absolute atomic E-state index is 13.8. The molecule has 1 aromatic rings. The number of carbonyl (C=O) groups excluding carboxylic acids is 2. The van der Waals surface area contributed by atoms with Crippen LogP contribution in [0.5, 0.6) is 0 Å². The number of benzene rings is 1. The number of carbonyl (C=O) groups is 2. The summed E-state index contributed by atoms with van der Waals surface area (Å²) in [5, 5.41) is 3.09. The standard InChI is InChI=1S/C22H32FN3O3/c1-2-4-21(27)26-9-7-17(8-10-26)22(28)24-16-20(25-11-13-29-14-12-25)18-5-3-6-19(23)15-18/h3,5-6,15,17,20H,2,4,7-14,16H2,1H3,(H,24,28). The highest BCUT2D eigenvalue weighted by Crippen LogP contribution is 2.23. The third-order valence-corrected chi connectivity index (χ3v) is 5.87. The summed E-state index contributed by atoms with van der Waals surface area (Å²) in [5.41, 5.74) is 0.868. The van der Waals surface area contributed by atoms with Crippen LogP contribution < -0.4 is 5.32 Å². The average Bonchev–Trinajstić information content (AvgIpc) is 2.75. The maximum atomic E-state index is 13.8. The molecule has 7 heteroatoms. The largest absolute Gasteiger partial charge is 0.379 e. The van der Waals surface area contributed by atoms with E-state index in [1.165, 1.54) is 6.07 Å². The summed E-state index contributed by atoms with van der Waals surface area (Å²) in [6.07, 6.45) is 2.82. The van der Waals surface area contributed by atoms with Crippen molar-refractivity contribution in [2.24, 2.45) is 5.92 Å². The Labute approximate surface area is 172 Å². The zero-order valence-electron chi connectivity index (χ0n) is 17.2. The van der Waals surface area contributed by atoms with E-state index in [0.29, 0.717) is 52.1 Å². The second-order valence-corrected chi connectivity index (χ2v) is 7.87. The van der Waals surface area contributed by atoms with Gasteiger partial charge in [0.05, 0.1) is 19.3 Å². The molecule has 6 nitrogen and oxygen atoms in total. The molecule has 2 heterocycles. The molecule has 160 valence electrons. The van der Waals surface area contributed by atoms with E-state index < -0.39 is 0 Å². The topological polar surface area (TPSA) is 61.9 Å². The van der Waals surface area contributed by atoms with E-state index in [9.17, 15) is 14.0 Å². The second kappa shape index (κ2) is 10.7. The first kappa shape index (κ1) is 21.7. The minimum absolute atomic E-state index is 0.0299. The molecule has 1 N–H and O–H groups in total. The number of ether oxygens (including phenoxy) is 1. The Balaban J connectivity index is 1.56. The summed E-state index contributed by atoms with van der Waals surface area (Å²) in [6.45, 7) is 6.54. The van der Waals surface area contributed by atoms with Gasteiger partial charge in [0, 0.05) is 45.1 Å². The van der Waals surface area contributed by atoms with Crippen molar-refractivity contribution in [3.63, 3.8) is 0 Å². The number of likely N-dealkylation sites (tertiary alicyclic amines) is 1. The third kappa shape index (κ3) is 6.00. The number of nitrogens with zero attached hydrogens (tertiary/aromatic N) is 2. The van der Waals surface area contributed by atoms with Crippen LogP contribution in [0, 0.1) is 11.7 Å². The van der Waals surface area contributed by atoms with Crippen molar-refractivity contribution in [1.82, 2.24) is 15.1 Å². The van der Waals surface area contributed by atoms with Crippen LogP contribution in [-0.2, 0) is 14.3 Å². The van der Waals surface area contributed by atoms with E-state index in [2.05, 4.69) is 10.2 Å². The summed E-state index contributed by atoms with van der Waals surface area (Å²) in [7, 11) is 0. The molecule has 3 rings (SSSR count). The Morgan fingerprint density at radius 2 is 1.93 bits per heavy atom. The van der Waals surface area contributed by atoms with Crippen LogP contribution in [0.2, 0.25) is 0 Å². The lowest BCUT2D eigenvalue weighted by molar-refractivity contribution is -0.135. The first-order valence-electron chi connectivity index (χ1n) is 10.7. The van der Waals surface area contributed by atoms with Crippen LogP contribution in [0.4, 0.5) is 4.39 Å². The normalized spacial score (nSPS) is 19.7. The molecule has 2 amide bonds. The Hall–Kier alpha value is -1.99. The van der Waals surface area contributed by atoms with E-state index in [4.69, 9.17) is 4.74 Å². The zero-order valence-corrected chi connectivity index (χ0v) is 17.2. The van der Waals surface area contributed by atoms with Crippen LogP contribution in [0.25, 0.3) is 0 Å². The summed E-state index contributed by atoms with van der Waals surface area (Å²) in [6, 6.07) is 6.52. The molecular weight excluding hydrogens is 373 g/mol. The van der Waals surface area contributed by atoms with Crippen LogP contribution in [0.15, 0.2) is 24.3 Å². The highest BCUT2D eigenvalue weighted by Gasteiger charge is 2.29. The molecular formula is C22H32FN3O3. The van der Waals surface area contributed by atoms with Crippen LogP contribution in [-0.4, -0.2) is 67.6 Å². The summed E-state index contributed by atoms with van der Waals surface area (Å²) in [5.74, 6) is -0.123. The molecule has 0 spiro atoms. The van der Waals surface area contributed by atoms with Gasteiger partial charge in [-0.2, -0.15) is 0 Å². The highest BCUT2D eigenvalue weighted by molar-refractivity contribution is 5.80. The molecule has 2 saturated heterocycles. The lowest BCUT2D eigenvalue weighted by Gasteiger charge is -2.36. The number of morpholine rings is 1. The minimum atomic E-state index is -0.267. The first-order chi connectivity index (χ1) is 14.1. The van der Waals surface area contributed by atoms with Crippen molar-refractivity contribution in [3.05, 3.63) is 35.6 Å². The number of hydrogen-bond donors (Lipinski definition) is 1. The minimum Gasteiger partial charge on any atom is -0.379 e. The summed E-state index contributed by atoms with van der Waals surface area (Å²) in [4.78, 5) is 28.9. The van der Waals surface area contributed by atoms with Crippen molar-refractivity contribution in [2.45, 2.75) is 38.6 Å². The SMILES string of the molecule is CCCC(=O)N1CCC(C(=O)NCC(c2cccc(F)c2)N2CCOCC2)CC1. The Kier molecular flexibility index (Phi) is 8.00. The average molecular weight is 406 g/mol. The molecule has 1 atom stereocenters. The molecule has 2 aliphatic heterocycles. The molecule has 2 aliphatic rings. The van der Waals surface area contributed by atoms with E-state index >= 15 is 0 Å². The smallest absolute Gasteiger partial charge is 0.223 e. The zero-order chi connectivity index (χ0) is 20.6. The fourth-order valence-corrected chi connectivity index (χ4v) is 4.17. The fourth-order valence-electron chi connectivity index (χ4n) is 4.17. The lowest BCUT2D eigenvalue weighted by Crippen LogP contribution is -2.46. The first-order valence-corrected chi connectivity index (χ1v) is 10.7. The van der Waals surface area contributed by atoms with Crippen LogP contribution >= 0.6 is 0 Å². The van der Waals surface area contributed by atoms with Crippen molar-refractivity contribution in [2.75, 3.05) is 45.9 Å². The van der Waals surface area contributed by atoms with Crippen molar-refractivity contribution in [1.29, 1.82) is 0 Å². The van der Waals surface area contributed by atoms with Crippen LogP contribution in [0.1, 0.15) is 44.2 Å². The van der Waals surface area contributed by atoms with E-state index in [1.54, 1.807) is 12.1 Å². The number of rotatable bonds is 7. The van der Waals surface area contributed by atoms with Gasteiger partial charge in [0.2, 0.25) is 11.8 Å². The van der Waals surface area contributed by atoms with Gasteiger partial charge in [-0.05, 0) is 37.0 Å². The van der Waals surface area contributed by atoms with Gasteiger partial charge in [0.1, 0.15) is 5.82 Å². The van der Waals surface area contributed by atoms with E-state index in [0.717, 1.165) is 25.1 Å². The van der Waals surface area contributed by atoms with Gasteiger partial charge in [-0.25, -0.2) is 4.39 Å². The number of nitrogens with one attached hydrogen (secondary N) is 1. The molecule has 29 heavy (non-hydrogen) atoms. The Morgan fingerprint density at radius 3 is 2.59 bits per heavy atom. The van der Waals surface area contributed by atoms with Crippen molar-refractivity contribution < 1.29 is 18.7 Å². The molecule has 1 aromatic carbocycles. The molecule has 2 fully saturated rings. The van der Waals surface area contributed by atoms with Crippen molar-refractivity contribution in [3.8, 4) is 0 Å². The summed E-state index contributed by atoms with van der Waals surface area (Å²) < 4.78 is 19.2. The van der Waals surface area contributed by atoms with Crippen LogP contribution in [0.3, 0.4) is 0 Å². The fraction of sp³-hybridized carbons (Fsp3) is 0.636. The van der Waals surface area contributed by atoms with Crippen molar-refractivity contribution >= 4 is 11.8 Å². The quantitative estimate of drug-likeness (QED) is 0.757. The summed E-state index contributed by atoms with van der Waals surface area (Å²) >= 11 is 0. The van der Waals surface area contributed by atoms with Gasteiger partial charge in [0.15, 0.2) is 0 Å². The molecule has 1 unspecified atom stereocenters. The van der Waals surface area contributed by atoms with Gasteiger partial charge >= 0.3 is 0 Å². The predicted octanol–water partition coefficient (Wildman–Crippen LogP) is 2.35. The molecule has 0 radical (unpaired) electrons. The monoisotopic (exact) mass is 405 g/mol. The van der Waals surface area contributed by atoms with Gasteiger partial charge in [0.25, 0.3) is 0 Å². The number of halogens is 1. The number of hydrogen-bond acceptors (Lipinski definition) is 4. The van der Waals surface area contributed by atoms with E-state index in [-0.39, 0.29) is 29.6 Å². The van der Waals surface area contributed by atoms with Gasteiger partial charge in [-0.1, -0.05) is 19.1 Å². The Bertz CT molecular complexity index is 686. The molecule has 0 aromatic heterocycles. The van der Waals surface area contributed by atoms with E-state index in [1.807, 2.05) is 17.9 Å². The number of amides is 2. The second-order valence-electron chi connectivity index (χ2n) is 7.87. The van der Waals surface area contributed by atoms with Gasteiger partial charge in [-0.3, -0.25) is 14.5 Å².